The molecule has 150 valence electrons. The number of fused-ring (bicyclic) bond motifs is 1. The molecule has 1 fully saturated rings. The predicted molar refractivity (Wildman–Crippen MR) is 95.7 cm³/mol. The maximum atomic E-state index is 13.3. The monoisotopic (exact) mass is 393 g/mol. The van der Waals surface area contributed by atoms with Crippen LogP contribution in [-0.2, 0) is 19.3 Å². The lowest BCUT2D eigenvalue weighted by atomic mass is 9.86. The molecule has 0 radical (unpaired) electrons. The zero-order chi connectivity index (χ0) is 19.9. The molecule has 4 rings (SSSR count). The maximum absolute atomic E-state index is 13.3. The lowest BCUT2D eigenvalue weighted by Crippen LogP contribution is -2.40. The number of benzene rings is 1. The average Bonchev–Trinajstić information content (AvgIpc) is 3.10. The highest BCUT2D eigenvalue weighted by Crippen LogP contribution is 2.38. The average molecular weight is 393 g/mol. The van der Waals surface area contributed by atoms with E-state index >= 15 is 0 Å². The number of halogens is 3. The number of rotatable bonds is 2. The van der Waals surface area contributed by atoms with Gasteiger partial charge in [-0.25, -0.2) is 0 Å². The van der Waals surface area contributed by atoms with E-state index in [1.807, 2.05) is 11.6 Å². The number of hydrogen-bond donors (Lipinski definition) is 0. The van der Waals surface area contributed by atoms with Crippen molar-refractivity contribution in [1.82, 2.24) is 24.6 Å². The van der Waals surface area contributed by atoms with Crippen molar-refractivity contribution in [2.45, 2.75) is 38.0 Å². The van der Waals surface area contributed by atoms with Crippen LogP contribution in [0.3, 0.4) is 0 Å². The van der Waals surface area contributed by atoms with Crippen molar-refractivity contribution >= 4 is 5.91 Å². The number of alkyl halides is 3. The van der Waals surface area contributed by atoms with Crippen molar-refractivity contribution in [3.05, 3.63) is 47.0 Å². The van der Waals surface area contributed by atoms with Crippen molar-refractivity contribution in [2.75, 3.05) is 26.7 Å². The molecule has 0 unspecified atom stereocenters. The third kappa shape index (κ3) is 3.50. The highest BCUT2D eigenvalue weighted by Gasteiger charge is 2.36. The molecule has 0 bridgehead atoms. The van der Waals surface area contributed by atoms with Crippen LogP contribution in [0, 0.1) is 0 Å². The first-order valence-corrected chi connectivity index (χ1v) is 9.40. The van der Waals surface area contributed by atoms with E-state index < -0.39 is 11.7 Å². The first-order chi connectivity index (χ1) is 13.3. The summed E-state index contributed by atoms with van der Waals surface area (Å²) in [6.07, 6.45) is -3.36. The number of hydrogen-bond acceptors (Lipinski definition) is 4. The van der Waals surface area contributed by atoms with E-state index in [1.165, 1.54) is 6.07 Å². The fourth-order valence-corrected chi connectivity index (χ4v) is 4.08. The summed E-state index contributed by atoms with van der Waals surface area (Å²) in [5, 5.41) is 8.20. The second kappa shape index (κ2) is 7.20. The normalized spacial score (nSPS) is 18.9. The van der Waals surface area contributed by atoms with Gasteiger partial charge in [0.25, 0.3) is 5.91 Å². The zero-order valence-corrected chi connectivity index (χ0v) is 15.6. The largest absolute Gasteiger partial charge is 0.416 e. The minimum atomic E-state index is -4.36. The number of nitrogens with zero attached hydrogens (tertiary/aromatic N) is 5. The van der Waals surface area contributed by atoms with Gasteiger partial charge in [0, 0.05) is 26.2 Å². The quantitative estimate of drug-likeness (QED) is 0.787. The number of piperidine rings is 1. The van der Waals surface area contributed by atoms with Crippen LogP contribution in [-0.4, -0.2) is 57.2 Å². The van der Waals surface area contributed by atoms with Crippen molar-refractivity contribution in [3.8, 4) is 0 Å². The molecule has 0 N–H and O–H groups in total. The van der Waals surface area contributed by atoms with Crippen LogP contribution in [0.15, 0.2) is 24.3 Å². The molecule has 1 amide bonds. The number of carbonyl (C=O) groups excluding carboxylic acids is 1. The van der Waals surface area contributed by atoms with Gasteiger partial charge in [-0.3, -0.25) is 9.69 Å². The van der Waals surface area contributed by atoms with E-state index in [-0.39, 0.29) is 11.8 Å². The fraction of sp³-hybridized carbons (Fsp3) is 0.526. The third-order valence-corrected chi connectivity index (χ3v) is 5.62. The molecule has 28 heavy (non-hydrogen) atoms. The Labute approximate surface area is 160 Å². The van der Waals surface area contributed by atoms with Crippen LogP contribution in [0.2, 0.25) is 0 Å². The molecule has 0 atom stereocenters. The Bertz CT molecular complexity index is 871. The SMILES string of the molecule is CN1CCn2c(nnc2C(=O)N2CCC(c3ccccc3C(F)(F)F)CC2)C1. The molecule has 2 aliphatic heterocycles. The molecule has 1 aromatic carbocycles. The summed E-state index contributed by atoms with van der Waals surface area (Å²) in [6, 6.07) is 5.74. The van der Waals surface area contributed by atoms with Gasteiger partial charge in [0.1, 0.15) is 5.82 Å². The van der Waals surface area contributed by atoms with E-state index in [1.54, 1.807) is 17.0 Å². The smallest absolute Gasteiger partial charge is 0.336 e. The summed E-state index contributed by atoms with van der Waals surface area (Å²) in [5.41, 5.74) is -0.250. The molecule has 0 saturated carbocycles. The van der Waals surface area contributed by atoms with Gasteiger partial charge in [-0.05, 0) is 37.4 Å². The number of likely N-dealkylation sites (N-methyl/N-ethyl adjacent to an activating group) is 1. The molecular weight excluding hydrogens is 371 g/mol. The van der Waals surface area contributed by atoms with Gasteiger partial charge < -0.3 is 9.47 Å². The molecule has 2 aliphatic rings. The zero-order valence-electron chi connectivity index (χ0n) is 15.6. The number of carbonyl (C=O) groups is 1. The standard InChI is InChI=1S/C19H22F3N5O/c1-25-10-11-27-16(12-25)23-24-17(27)18(28)26-8-6-13(7-9-26)14-4-2-3-5-15(14)19(20,21)22/h2-5,13H,6-12H2,1H3. The van der Waals surface area contributed by atoms with Crippen LogP contribution in [0.4, 0.5) is 13.2 Å². The highest BCUT2D eigenvalue weighted by molar-refractivity contribution is 5.90. The van der Waals surface area contributed by atoms with Crippen LogP contribution < -0.4 is 0 Å². The molecule has 6 nitrogen and oxygen atoms in total. The van der Waals surface area contributed by atoms with Crippen LogP contribution in [0.25, 0.3) is 0 Å². The van der Waals surface area contributed by atoms with Crippen LogP contribution >= 0.6 is 0 Å². The van der Waals surface area contributed by atoms with E-state index in [4.69, 9.17) is 0 Å². The van der Waals surface area contributed by atoms with Gasteiger partial charge in [0.05, 0.1) is 12.1 Å². The summed E-state index contributed by atoms with van der Waals surface area (Å²) in [4.78, 5) is 16.7. The maximum Gasteiger partial charge on any atom is 0.416 e. The topological polar surface area (TPSA) is 54.3 Å². The van der Waals surface area contributed by atoms with Crippen LogP contribution in [0.1, 0.15) is 46.3 Å². The second-order valence-corrected chi connectivity index (χ2v) is 7.48. The summed E-state index contributed by atoms with van der Waals surface area (Å²) in [7, 11) is 1.99. The molecule has 3 heterocycles. The van der Waals surface area contributed by atoms with Gasteiger partial charge in [0.2, 0.25) is 5.82 Å². The number of likely N-dealkylation sites (tertiary alicyclic amines) is 1. The molecule has 0 aliphatic carbocycles. The summed E-state index contributed by atoms with van der Waals surface area (Å²) >= 11 is 0. The Morgan fingerprint density at radius 3 is 2.50 bits per heavy atom. The van der Waals surface area contributed by atoms with Gasteiger partial charge in [-0.2, -0.15) is 13.2 Å². The number of amides is 1. The summed E-state index contributed by atoms with van der Waals surface area (Å²) in [6.45, 7) is 2.96. The van der Waals surface area contributed by atoms with E-state index in [2.05, 4.69) is 15.1 Å². The fourth-order valence-electron chi connectivity index (χ4n) is 4.08. The van der Waals surface area contributed by atoms with Crippen molar-refractivity contribution in [3.63, 3.8) is 0 Å². The van der Waals surface area contributed by atoms with E-state index in [9.17, 15) is 18.0 Å². The van der Waals surface area contributed by atoms with Crippen molar-refractivity contribution in [1.29, 1.82) is 0 Å². The van der Waals surface area contributed by atoms with Gasteiger partial charge in [-0.15, -0.1) is 10.2 Å². The van der Waals surface area contributed by atoms with Crippen molar-refractivity contribution < 1.29 is 18.0 Å². The van der Waals surface area contributed by atoms with Crippen LogP contribution in [0.5, 0.6) is 0 Å². The minimum Gasteiger partial charge on any atom is -0.336 e. The summed E-state index contributed by atoms with van der Waals surface area (Å²) < 4.78 is 41.7. The van der Waals surface area contributed by atoms with Crippen molar-refractivity contribution in [2.24, 2.45) is 0 Å². The first kappa shape index (κ1) is 18.9. The number of aromatic nitrogens is 3. The molecular formula is C19H22F3N5O. The Hall–Kier alpha value is -2.42. The summed E-state index contributed by atoms with van der Waals surface area (Å²) in [5.74, 6) is 0.706. The Morgan fingerprint density at radius 1 is 1.07 bits per heavy atom. The minimum absolute atomic E-state index is 0.189. The van der Waals surface area contributed by atoms with Gasteiger partial charge in [0.15, 0.2) is 0 Å². The van der Waals surface area contributed by atoms with E-state index in [0.29, 0.717) is 50.4 Å². The Kier molecular flexibility index (Phi) is 4.86. The predicted octanol–water partition coefficient (Wildman–Crippen LogP) is 2.76. The third-order valence-electron chi connectivity index (χ3n) is 5.62. The highest BCUT2D eigenvalue weighted by atomic mass is 19.4. The van der Waals surface area contributed by atoms with E-state index in [0.717, 1.165) is 18.4 Å². The Balaban J connectivity index is 1.46. The molecule has 1 saturated heterocycles. The molecule has 9 heteroatoms. The second-order valence-electron chi connectivity index (χ2n) is 7.48. The lowest BCUT2D eigenvalue weighted by molar-refractivity contribution is -0.138. The molecule has 1 aromatic heterocycles. The van der Waals surface area contributed by atoms with Gasteiger partial charge >= 0.3 is 6.18 Å². The Morgan fingerprint density at radius 2 is 1.79 bits per heavy atom. The first-order valence-electron chi connectivity index (χ1n) is 9.40. The molecule has 0 spiro atoms. The van der Waals surface area contributed by atoms with Gasteiger partial charge in [-0.1, -0.05) is 18.2 Å². The lowest BCUT2D eigenvalue weighted by Gasteiger charge is -2.33. The molecule has 2 aromatic rings.